The van der Waals surface area contributed by atoms with Crippen LogP contribution in [0.25, 0.3) is 5.57 Å². The van der Waals surface area contributed by atoms with E-state index >= 15 is 0 Å². The van der Waals surface area contributed by atoms with Crippen molar-refractivity contribution in [2.24, 2.45) is 0 Å². The molecular weight excluding hydrogens is 350 g/mol. The van der Waals surface area contributed by atoms with Crippen molar-refractivity contribution >= 4 is 40.3 Å². The number of amides is 2. The van der Waals surface area contributed by atoms with Gasteiger partial charge in [-0.3, -0.25) is 14.5 Å². The maximum Gasteiger partial charge on any atom is 0.273 e. The number of imide groups is 1. The third kappa shape index (κ3) is 2.79. The van der Waals surface area contributed by atoms with Gasteiger partial charge in [0.15, 0.2) is 11.5 Å². The lowest BCUT2D eigenvalue weighted by Crippen LogP contribution is -2.30. The lowest BCUT2D eigenvalue weighted by Gasteiger charge is -2.16. The summed E-state index contributed by atoms with van der Waals surface area (Å²) >= 11 is 7.48. The zero-order chi connectivity index (χ0) is 17.3. The number of carbonyl (C=O) groups excluding carboxylic acids is 2. The Hall–Kier alpha value is -2.31. The van der Waals surface area contributed by atoms with E-state index in [-0.39, 0.29) is 23.1 Å². The number of rotatable bonds is 5. The van der Waals surface area contributed by atoms with E-state index < -0.39 is 5.91 Å². The Bertz CT molecular complexity index is 829. The van der Waals surface area contributed by atoms with Crippen LogP contribution in [0.1, 0.15) is 10.4 Å². The molecule has 0 fully saturated rings. The van der Waals surface area contributed by atoms with Crippen molar-refractivity contribution < 1.29 is 19.1 Å². The molecule has 2 aromatic rings. The van der Waals surface area contributed by atoms with Gasteiger partial charge in [0.25, 0.3) is 11.8 Å². The Labute approximate surface area is 148 Å². The Morgan fingerprint density at radius 2 is 1.83 bits per heavy atom. The van der Waals surface area contributed by atoms with Gasteiger partial charge in [-0.05, 0) is 29.1 Å². The van der Waals surface area contributed by atoms with Gasteiger partial charge in [-0.15, -0.1) is 11.3 Å². The van der Waals surface area contributed by atoms with Crippen LogP contribution in [-0.2, 0) is 16.1 Å². The molecule has 5 nitrogen and oxygen atoms in total. The number of benzene rings is 1. The van der Waals surface area contributed by atoms with Crippen LogP contribution in [-0.4, -0.2) is 30.9 Å². The van der Waals surface area contributed by atoms with Gasteiger partial charge in [0.2, 0.25) is 0 Å². The second kappa shape index (κ2) is 6.67. The van der Waals surface area contributed by atoms with E-state index in [0.717, 1.165) is 10.5 Å². The smallest absolute Gasteiger partial charge is 0.273 e. The van der Waals surface area contributed by atoms with E-state index in [1.807, 2.05) is 11.4 Å². The van der Waals surface area contributed by atoms with Gasteiger partial charge in [0, 0.05) is 4.88 Å². The van der Waals surface area contributed by atoms with E-state index in [2.05, 4.69) is 0 Å². The third-order valence-electron chi connectivity index (χ3n) is 3.67. The molecule has 1 aromatic heterocycles. The lowest BCUT2D eigenvalue weighted by molar-refractivity contribution is -0.137. The van der Waals surface area contributed by atoms with Crippen molar-refractivity contribution in [3.05, 3.63) is 51.2 Å². The number of ether oxygens (including phenoxy) is 2. The van der Waals surface area contributed by atoms with Gasteiger partial charge < -0.3 is 9.47 Å². The first-order valence-corrected chi connectivity index (χ1v) is 8.33. The maximum atomic E-state index is 12.6. The highest BCUT2D eigenvalue weighted by molar-refractivity contribution is 7.11. The van der Waals surface area contributed by atoms with Crippen LogP contribution >= 0.6 is 22.9 Å². The van der Waals surface area contributed by atoms with E-state index in [9.17, 15) is 9.59 Å². The monoisotopic (exact) mass is 363 g/mol. The van der Waals surface area contributed by atoms with E-state index in [1.54, 1.807) is 31.4 Å². The predicted octanol–water partition coefficient (Wildman–Crippen LogP) is 3.28. The predicted molar refractivity (Wildman–Crippen MR) is 92.2 cm³/mol. The van der Waals surface area contributed by atoms with Crippen molar-refractivity contribution in [1.82, 2.24) is 4.90 Å². The first-order valence-electron chi connectivity index (χ1n) is 7.07. The highest BCUT2D eigenvalue weighted by atomic mass is 35.5. The zero-order valence-corrected chi connectivity index (χ0v) is 14.6. The second-order valence-electron chi connectivity index (χ2n) is 5.05. The summed E-state index contributed by atoms with van der Waals surface area (Å²) in [6.45, 7) is 0.114. The van der Waals surface area contributed by atoms with Gasteiger partial charge in [-0.25, -0.2) is 0 Å². The van der Waals surface area contributed by atoms with Crippen molar-refractivity contribution in [1.29, 1.82) is 0 Å². The minimum Gasteiger partial charge on any atom is -0.493 e. The molecule has 24 heavy (non-hydrogen) atoms. The van der Waals surface area contributed by atoms with Crippen LogP contribution in [0.4, 0.5) is 0 Å². The number of methoxy groups -OCH3 is 2. The first kappa shape index (κ1) is 16.5. The minimum absolute atomic E-state index is 0.0390. The molecule has 0 spiro atoms. The number of hydrogen-bond acceptors (Lipinski definition) is 5. The Morgan fingerprint density at radius 3 is 2.46 bits per heavy atom. The zero-order valence-electron chi connectivity index (χ0n) is 13.0. The molecule has 0 aliphatic carbocycles. The highest BCUT2D eigenvalue weighted by Gasteiger charge is 2.38. The molecule has 0 unspecified atom stereocenters. The van der Waals surface area contributed by atoms with Gasteiger partial charge >= 0.3 is 0 Å². The third-order valence-corrected chi connectivity index (χ3v) is 4.91. The number of nitrogens with zero attached hydrogens (tertiary/aromatic N) is 1. The van der Waals surface area contributed by atoms with Crippen LogP contribution in [0.3, 0.4) is 0 Å². The molecule has 1 aromatic carbocycles. The van der Waals surface area contributed by atoms with Crippen LogP contribution in [0.2, 0.25) is 0 Å². The second-order valence-corrected chi connectivity index (χ2v) is 6.38. The van der Waals surface area contributed by atoms with Crippen LogP contribution < -0.4 is 9.47 Å². The van der Waals surface area contributed by atoms with Crippen molar-refractivity contribution in [2.45, 2.75) is 6.54 Å². The fourth-order valence-corrected chi connectivity index (χ4v) is 3.59. The number of halogens is 1. The molecule has 2 amide bonds. The molecule has 0 bridgehead atoms. The number of hydrogen-bond donors (Lipinski definition) is 0. The van der Waals surface area contributed by atoms with E-state index in [4.69, 9.17) is 21.1 Å². The number of thiophene rings is 1. The molecule has 124 valence electrons. The van der Waals surface area contributed by atoms with Gasteiger partial charge in [-0.2, -0.15) is 0 Å². The summed E-state index contributed by atoms with van der Waals surface area (Å²) in [7, 11) is 3.07. The Kier molecular flexibility index (Phi) is 4.59. The van der Waals surface area contributed by atoms with Crippen LogP contribution in [0.5, 0.6) is 11.5 Å². The lowest BCUT2D eigenvalue weighted by atomic mass is 10.2. The molecule has 2 heterocycles. The molecule has 0 atom stereocenters. The van der Waals surface area contributed by atoms with Gasteiger partial charge in [0.1, 0.15) is 5.03 Å². The molecular formula is C17H14ClNO4S. The minimum atomic E-state index is -0.486. The number of carbonyl (C=O) groups is 2. The normalized spacial score (nSPS) is 14.5. The fourth-order valence-electron chi connectivity index (χ4n) is 2.49. The Morgan fingerprint density at radius 1 is 1.08 bits per heavy atom. The summed E-state index contributed by atoms with van der Waals surface area (Å²) in [6.07, 6.45) is 0. The molecule has 0 radical (unpaired) electrons. The van der Waals surface area contributed by atoms with Crippen molar-refractivity contribution in [3.63, 3.8) is 0 Å². The summed E-state index contributed by atoms with van der Waals surface area (Å²) in [6, 6.07) is 8.82. The Balaban J connectivity index is 1.87. The average Bonchev–Trinajstić information content (AvgIpc) is 3.18. The molecule has 0 N–H and O–H groups in total. The average molecular weight is 364 g/mol. The van der Waals surface area contributed by atoms with Crippen molar-refractivity contribution in [2.75, 3.05) is 14.2 Å². The first-order chi connectivity index (χ1) is 11.6. The topological polar surface area (TPSA) is 55.8 Å². The summed E-state index contributed by atoms with van der Waals surface area (Å²) in [5, 5.41) is 1.80. The van der Waals surface area contributed by atoms with Crippen molar-refractivity contribution in [3.8, 4) is 11.5 Å². The SMILES string of the molecule is COc1ccc(CN2C(=O)C(Cl)=C(c3cccs3)C2=O)cc1OC. The molecule has 3 rings (SSSR count). The summed E-state index contributed by atoms with van der Waals surface area (Å²) < 4.78 is 10.4. The summed E-state index contributed by atoms with van der Waals surface area (Å²) in [5.74, 6) is 0.240. The maximum absolute atomic E-state index is 12.6. The highest BCUT2D eigenvalue weighted by Crippen LogP contribution is 2.35. The van der Waals surface area contributed by atoms with E-state index in [0.29, 0.717) is 16.4 Å². The van der Waals surface area contributed by atoms with E-state index in [1.165, 1.54) is 18.4 Å². The fraction of sp³-hybridized carbons (Fsp3) is 0.176. The van der Waals surface area contributed by atoms with Crippen LogP contribution in [0, 0.1) is 0 Å². The standard InChI is InChI=1S/C17H14ClNO4S/c1-22-11-6-5-10(8-12(11)23-2)9-19-16(20)14(15(18)17(19)21)13-4-3-7-24-13/h3-8H,9H2,1-2H3. The summed E-state index contributed by atoms with van der Waals surface area (Å²) in [5.41, 5.74) is 1.00. The summed E-state index contributed by atoms with van der Waals surface area (Å²) in [4.78, 5) is 26.8. The quantitative estimate of drug-likeness (QED) is 0.765. The van der Waals surface area contributed by atoms with Gasteiger partial charge in [-0.1, -0.05) is 23.7 Å². The van der Waals surface area contributed by atoms with Crippen LogP contribution in [0.15, 0.2) is 40.7 Å². The molecule has 0 saturated heterocycles. The van der Waals surface area contributed by atoms with Gasteiger partial charge in [0.05, 0.1) is 26.3 Å². The molecule has 7 heteroatoms. The molecule has 1 aliphatic rings. The largest absolute Gasteiger partial charge is 0.493 e. The molecule has 1 aliphatic heterocycles. The molecule has 0 saturated carbocycles.